The molecule has 0 bridgehead atoms. The van der Waals surface area contributed by atoms with Gasteiger partial charge in [-0.3, -0.25) is 4.79 Å². The van der Waals surface area contributed by atoms with Crippen molar-refractivity contribution in [2.24, 2.45) is 0 Å². The zero-order valence-corrected chi connectivity index (χ0v) is 17.1. The number of likely N-dealkylation sites (N-methyl/N-ethyl adjacent to an activating group) is 1. The summed E-state index contributed by atoms with van der Waals surface area (Å²) in [6, 6.07) is 7.49. The fourth-order valence-electron chi connectivity index (χ4n) is 2.64. The maximum Gasteiger partial charge on any atom is 0.263 e. The van der Waals surface area contributed by atoms with Gasteiger partial charge < -0.3 is 14.2 Å². The Balaban J connectivity index is 1.63. The molecule has 0 saturated heterocycles. The summed E-state index contributed by atoms with van der Waals surface area (Å²) in [6.07, 6.45) is -0.658. The molecule has 1 unspecified atom stereocenters. The van der Waals surface area contributed by atoms with Gasteiger partial charge in [0.1, 0.15) is 5.75 Å². The summed E-state index contributed by atoms with van der Waals surface area (Å²) in [5.41, 5.74) is 1.82. The molecule has 8 heteroatoms. The molecule has 0 N–H and O–H groups in total. The van der Waals surface area contributed by atoms with Gasteiger partial charge >= 0.3 is 0 Å². The highest BCUT2D eigenvalue weighted by atomic mass is 35.5. The van der Waals surface area contributed by atoms with Gasteiger partial charge in [0.05, 0.1) is 11.4 Å². The first kappa shape index (κ1) is 19.4. The van der Waals surface area contributed by atoms with Crippen LogP contribution in [0.5, 0.6) is 5.75 Å². The van der Waals surface area contributed by atoms with E-state index >= 15 is 0 Å². The fourth-order valence-corrected chi connectivity index (χ4v) is 3.40. The van der Waals surface area contributed by atoms with E-state index in [2.05, 4.69) is 10.1 Å². The molecule has 1 aromatic carbocycles. The second-order valence-corrected chi connectivity index (χ2v) is 7.64. The predicted molar refractivity (Wildman–Crippen MR) is 105 cm³/mol. The third-order valence-electron chi connectivity index (χ3n) is 4.03. The van der Waals surface area contributed by atoms with E-state index in [0.29, 0.717) is 22.5 Å². The van der Waals surface area contributed by atoms with Crippen LogP contribution < -0.4 is 4.74 Å². The lowest BCUT2D eigenvalue weighted by Gasteiger charge is -2.21. The molecule has 0 radical (unpaired) electrons. The Morgan fingerprint density at radius 2 is 2.07 bits per heavy atom. The summed E-state index contributed by atoms with van der Waals surface area (Å²) in [7, 11) is 1.68. The Bertz CT molecular complexity index is 917. The zero-order valence-electron chi connectivity index (χ0n) is 15.5. The van der Waals surface area contributed by atoms with Crippen molar-refractivity contribution in [2.45, 2.75) is 33.4 Å². The standard InChI is InChI=1S/C19H20ClN3O3S/c1-11-8-14(9-12(2)17(11)20)25-13(3)19(24)23(4)10-16-21-18(22-26-16)15-6-5-7-27-15/h5-9,13H,10H2,1-4H3. The zero-order chi connectivity index (χ0) is 19.6. The number of rotatable bonds is 6. The first-order valence-corrected chi connectivity index (χ1v) is 9.65. The molecule has 0 aliphatic rings. The first-order chi connectivity index (χ1) is 12.8. The molecule has 0 fully saturated rings. The quantitative estimate of drug-likeness (QED) is 0.604. The van der Waals surface area contributed by atoms with Crippen molar-refractivity contribution in [3.63, 3.8) is 0 Å². The van der Waals surface area contributed by atoms with Gasteiger partial charge in [-0.1, -0.05) is 22.8 Å². The summed E-state index contributed by atoms with van der Waals surface area (Å²) < 4.78 is 11.0. The van der Waals surface area contributed by atoms with Crippen molar-refractivity contribution in [2.75, 3.05) is 7.05 Å². The van der Waals surface area contributed by atoms with E-state index in [0.717, 1.165) is 16.0 Å². The second kappa shape index (κ2) is 8.10. The van der Waals surface area contributed by atoms with E-state index in [1.807, 2.05) is 43.5 Å². The molecule has 1 atom stereocenters. The van der Waals surface area contributed by atoms with Crippen LogP contribution in [-0.4, -0.2) is 34.1 Å². The van der Waals surface area contributed by atoms with E-state index in [9.17, 15) is 4.79 Å². The van der Waals surface area contributed by atoms with Crippen LogP contribution in [0.3, 0.4) is 0 Å². The van der Waals surface area contributed by atoms with E-state index in [1.165, 1.54) is 16.2 Å². The smallest absolute Gasteiger partial charge is 0.263 e. The average molecular weight is 406 g/mol. The molecular weight excluding hydrogens is 386 g/mol. The molecule has 1 amide bonds. The first-order valence-electron chi connectivity index (χ1n) is 8.40. The summed E-state index contributed by atoms with van der Waals surface area (Å²) >= 11 is 7.70. The minimum atomic E-state index is -0.658. The molecule has 142 valence electrons. The fraction of sp³-hybridized carbons (Fsp3) is 0.316. The summed E-state index contributed by atoms with van der Waals surface area (Å²) in [6.45, 7) is 5.73. The molecule has 2 heterocycles. The topological polar surface area (TPSA) is 68.5 Å². The average Bonchev–Trinajstić information content (AvgIpc) is 3.30. The van der Waals surface area contributed by atoms with Gasteiger partial charge in [0.15, 0.2) is 6.10 Å². The number of nitrogens with zero attached hydrogens (tertiary/aromatic N) is 3. The number of thiophene rings is 1. The Kier molecular flexibility index (Phi) is 5.82. The highest BCUT2D eigenvalue weighted by Crippen LogP contribution is 2.27. The van der Waals surface area contributed by atoms with Crippen LogP contribution in [0, 0.1) is 13.8 Å². The second-order valence-electron chi connectivity index (χ2n) is 6.31. The molecule has 6 nitrogen and oxygen atoms in total. The molecule has 0 spiro atoms. The highest BCUT2D eigenvalue weighted by molar-refractivity contribution is 7.13. The number of carbonyl (C=O) groups is 1. The molecule has 0 aliphatic carbocycles. The van der Waals surface area contributed by atoms with Crippen LogP contribution >= 0.6 is 22.9 Å². The summed E-state index contributed by atoms with van der Waals surface area (Å²) in [5, 5.41) is 6.60. The molecule has 0 aliphatic heterocycles. The van der Waals surface area contributed by atoms with Crippen LogP contribution in [0.2, 0.25) is 5.02 Å². The predicted octanol–water partition coefficient (Wildman–Crippen LogP) is 4.49. The van der Waals surface area contributed by atoms with Crippen LogP contribution in [0.25, 0.3) is 10.7 Å². The lowest BCUT2D eigenvalue weighted by Crippen LogP contribution is -2.37. The maximum absolute atomic E-state index is 12.6. The number of benzene rings is 1. The lowest BCUT2D eigenvalue weighted by atomic mass is 10.1. The van der Waals surface area contributed by atoms with Crippen LogP contribution in [-0.2, 0) is 11.3 Å². The number of hydrogen-bond donors (Lipinski definition) is 0. The molecule has 3 rings (SSSR count). The van der Waals surface area contributed by atoms with Crippen LogP contribution in [0.4, 0.5) is 0 Å². The Labute approximate surface area is 166 Å². The van der Waals surface area contributed by atoms with Crippen LogP contribution in [0.1, 0.15) is 23.9 Å². The van der Waals surface area contributed by atoms with E-state index < -0.39 is 6.10 Å². The number of amides is 1. The van der Waals surface area contributed by atoms with Gasteiger partial charge in [-0.05, 0) is 55.5 Å². The van der Waals surface area contributed by atoms with Crippen molar-refractivity contribution in [1.29, 1.82) is 0 Å². The largest absolute Gasteiger partial charge is 0.481 e. The number of carbonyl (C=O) groups excluding carboxylic acids is 1. The van der Waals surface area contributed by atoms with Crippen molar-refractivity contribution < 1.29 is 14.1 Å². The summed E-state index contributed by atoms with van der Waals surface area (Å²) in [5.74, 6) is 1.33. The molecule has 27 heavy (non-hydrogen) atoms. The van der Waals surface area contributed by atoms with Crippen molar-refractivity contribution in [3.05, 3.63) is 51.7 Å². The third kappa shape index (κ3) is 4.48. The number of aryl methyl sites for hydroxylation is 2. The minimum Gasteiger partial charge on any atom is -0.481 e. The Hall–Kier alpha value is -2.38. The number of hydrogen-bond acceptors (Lipinski definition) is 6. The van der Waals surface area contributed by atoms with E-state index in [1.54, 1.807) is 14.0 Å². The molecule has 3 aromatic rings. The lowest BCUT2D eigenvalue weighted by molar-refractivity contribution is -0.137. The van der Waals surface area contributed by atoms with Gasteiger partial charge in [-0.2, -0.15) is 4.98 Å². The minimum absolute atomic E-state index is 0.184. The maximum atomic E-state index is 12.6. The normalized spacial score (nSPS) is 12.0. The third-order valence-corrected chi connectivity index (χ3v) is 5.49. The number of ether oxygens (including phenoxy) is 1. The van der Waals surface area contributed by atoms with E-state index in [-0.39, 0.29) is 12.5 Å². The van der Waals surface area contributed by atoms with Gasteiger partial charge in [0.2, 0.25) is 11.7 Å². The monoisotopic (exact) mass is 405 g/mol. The summed E-state index contributed by atoms with van der Waals surface area (Å²) in [4.78, 5) is 19.4. The molecule has 0 saturated carbocycles. The van der Waals surface area contributed by atoms with Crippen LogP contribution in [0.15, 0.2) is 34.2 Å². The Morgan fingerprint density at radius 1 is 1.37 bits per heavy atom. The highest BCUT2D eigenvalue weighted by Gasteiger charge is 2.22. The van der Waals surface area contributed by atoms with Crippen molar-refractivity contribution in [3.8, 4) is 16.5 Å². The number of halogens is 1. The molecular formula is C19H20ClN3O3S. The van der Waals surface area contributed by atoms with Gasteiger partial charge in [-0.25, -0.2) is 0 Å². The number of aromatic nitrogens is 2. The van der Waals surface area contributed by atoms with Gasteiger partial charge in [-0.15, -0.1) is 11.3 Å². The molecule has 2 aromatic heterocycles. The van der Waals surface area contributed by atoms with Crippen molar-refractivity contribution >= 4 is 28.8 Å². The van der Waals surface area contributed by atoms with E-state index in [4.69, 9.17) is 20.9 Å². The SMILES string of the molecule is Cc1cc(OC(C)C(=O)N(C)Cc2nc(-c3cccs3)no2)cc(C)c1Cl. The van der Waals surface area contributed by atoms with Gasteiger partial charge in [0.25, 0.3) is 5.91 Å². The van der Waals surface area contributed by atoms with Gasteiger partial charge in [0, 0.05) is 12.1 Å². The Morgan fingerprint density at radius 3 is 2.70 bits per heavy atom. The van der Waals surface area contributed by atoms with Crippen molar-refractivity contribution in [1.82, 2.24) is 15.0 Å².